The number of hydrogen-bond donors (Lipinski definition) is 1. The van der Waals surface area contributed by atoms with E-state index in [4.69, 9.17) is 16.3 Å². The third kappa shape index (κ3) is 3.85. The maximum atomic E-state index is 5.99. The number of nitrogens with one attached hydrogen (secondary N) is 1. The van der Waals surface area contributed by atoms with Crippen molar-refractivity contribution >= 4 is 17.4 Å². The number of hydrogen-bond acceptors (Lipinski definition) is 4. The third-order valence-electron chi connectivity index (χ3n) is 2.28. The fourth-order valence-electron chi connectivity index (χ4n) is 1.37. The zero-order valence-electron chi connectivity index (χ0n) is 9.96. The van der Waals surface area contributed by atoms with Crippen LogP contribution in [-0.2, 0) is 0 Å². The van der Waals surface area contributed by atoms with Crippen LogP contribution in [0.25, 0.3) is 0 Å². The van der Waals surface area contributed by atoms with Crippen LogP contribution in [-0.4, -0.2) is 23.1 Å². The molecule has 1 atom stereocenters. The van der Waals surface area contributed by atoms with E-state index in [-0.39, 0.29) is 0 Å². The van der Waals surface area contributed by atoms with Crippen molar-refractivity contribution in [2.24, 2.45) is 0 Å². The Balaban J connectivity index is 2.64. The first-order chi connectivity index (χ1) is 7.67. The van der Waals surface area contributed by atoms with Crippen molar-refractivity contribution in [2.45, 2.75) is 39.2 Å². The second-order valence-electron chi connectivity index (χ2n) is 3.74. The molecule has 0 aromatic carbocycles. The Kier molecular flexibility index (Phi) is 5.32. The van der Waals surface area contributed by atoms with E-state index in [1.54, 1.807) is 6.20 Å². The lowest BCUT2D eigenvalue weighted by atomic mass is 10.1. The van der Waals surface area contributed by atoms with Crippen LogP contribution in [0.3, 0.4) is 0 Å². The standard InChI is InChI=1S/C11H18ClN3O/c1-4-5-6-8(2)14-10-9(12)7-13-11(15-10)16-3/h7-8H,4-6H2,1-3H3,(H,13,14,15). The van der Waals surface area contributed by atoms with Crippen molar-refractivity contribution < 1.29 is 4.74 Å². The fourth-order valence-corrected chi connectivity index (χ4v) is 1.51. The summed E-state index contributed by atoms with van der Waals surface area (Å²) in [6.07, 6.45) is 5.02. The van der Waals surface area contributed by atoms with Gasteiger partial charge in [-0.2, -0.15) is 4.98 Å². The highest BCUT2D eigenvalue weighted by molar-refractivity contribution is 6.32. The van der Waals surface area contributed by atoms with Gasteiger partial charge in [-0.3, -0.25) is 0 Å². The summed E-state index contributed by atoms with van der Waals surface area (Å²) in [7, 11) is 1.54. The molecule has 0 saturated carbocycles. The fraction of sp³-hybridized carbons (Fsp3) is 0.636. The molecule has 1 rings (SSSR count). The van der Waals surface area contributed by atoms with Crippen molar-refractivity contribution in [3.8, 4) is 6.01 Å². The van der Waals surface area contributed by atoms with E-state index in [0.29, 0.717) is 22.9 Å². The van der Waals surface area contributed by atoms with Gasteiger partial charge in [0.2, 0.25) is 0 Å². The van der Waals surface area contributed by atoms with E-state index >= 15 is 0 Å². The summed E-state index contributed by atoms with van der Waals surface area (Å²) in [5, 5.41) is 3.77. The summed E-state index contributed by atoms with van der Waals surface area (Å²) in [5.74, 6) is 0.636. The Labute approximate surface area is 101 Å². The highest BCUT2D eigenvalue weighted by Crippen LogP contribution is 2.21. The number of unbranched alkanes of at least 4 members (excludes halogenated alkanes) is 1. The molecule has 0 aliphatic heterocycles. The number of methoxy groups -OCH3 is 1. The molecule has 0 aliphatic rings. The molecule has 4 nitrogen and oxygen atoms in total. The quantitative estimate of drug-likeness (QED) is 0.834. The predicted octanol–water partition coefficient (Wildman–Crippen LogP) is 3.13. The number of ether oxygens (including phenoxy) is 1. The second-order valence-corrected chi connectivity index (χ2v) is 4.15. The topological polar surface area (TPSA) is 47.0 Å². The monoisotopic (exact) mass is 243 g/mol. The first-order valence-electron chi connectivity index (χ1n) is 5.50. The van der Waals surface area contributed by atoms with Gasteiger partial charge in [-0.15, -0.1) is 0 Å². The van der Waals surface area contributed by atoms with Crippen LogP contribution in [0.1, 0.15) is 33.1 Å². The van der Waals surface area contributed by atoms with E-state index in [9.17, 15) is 0 Å². The van der Waals surface area contributed by atoms with E-state index in [2.05, 4.69) is 29.1 Å². The van der Waals surface area contributed by atoms with Gasteiger partial charge in [0.05, 0.1) is 13.3 Å². The van der Waals surface area contributed by atoms with Crippen molar-refractivity contribution in [1.29, 1.82) is 0 Å². The molecule has 0 fully saturated rings. The van der Waals surface area contributed by atoms with Gasteiger partial charge in [-0.1, -0.05) is 31.4 Å². The average molecular weight is 244 g/mol. The van der Waals surface area contributed by atoms with Crippen LogP contribution < -0.4 is 10.1 Å². The predicted molar refractivity (Wildman–Crippen MR) is 66.2 cm³/mol. The van der Waals surface area contributed by atoms with Crippen LogP contribution >= 0.6 is 11.6 Å². The molecule has 0 spiro atoms. The summed E-state index contributed by atoms with van der Waals surface area (Å²) in [6, 6.07) is 0.673. The largest absolute Gasteiger partial charge is 0.467 e. The smallest absolute Gasteiger partial charge is 0.318 e. The van der Waals surface area contributed by atoms with E-state index < -0.39 is 0 Å². The Morgan fingerprint density at radius 3 is 2.94 bits per heavy atom. The summed E-state index contributed by atoms with van der Waals surface area (Å²) in [4.78, 5) is 8.08. The minimum atomic E-state index is 0.328. The van der Waals surface area contributed by atoms with E-state index in [0.717, 1.165) is 6.42 Å². The summed E-state index contributed by atoms with van der Waals surface area (Å²) in [5.41, 5.74) is 0. The Hall–Kier alpha value is -1.03. The van der Waals surface area contributed by atoms with Crippen molar-refractivity contribution in [3.05, 3.63) is 11.2 Å². The molecule has 0 amide bonds. The molecule has 90 valence electrons. The highest BCUT2D eigenvalue weighted by Gasteiger charge is 2.08. The molecule has 1 heterocycles. The molecule has 1 unspecified atom stereocenters. The van der Waals surface area contributed by atoms with Gasteiger partial charge < -0.3 is 10.1 Å². The second kappa shape index (κ2) is 6.53. The van der Waals surface area contributed by atoms with Crippen molar-refractivity contribution in [2.75, 3.05) is 12.4 Å². The Morgan fingerprint density at radius 2 is 2.31 bits per heavy atom. The van der Waals surface area contributed by atoms with Gasteiger partial charge in [0.15, 0.2) is 5.82 Å². The minimum absolute atomic E-state index is 0.328. The first kappa shape index (κ1) is 13.0. The van der Waals surface area contributed by atoms with Crippen LogP contribution in [0.2, 0.25) is 5.02 Å². The maximum Gasteiger partial charge on any atom is 0.318 e. The van der Waals surface area contributed by atoms with Crippen LogP contribution in [0.15, 0.2) is 6.20 Å². The van der Waals surface area contributed by atoms with Gasteiger partial charge >= 0.3 is 6.01 Å². The lowest BCUT2D eigenvalue weighted by molar-refractivity contribution is 0.380. The molecule has 1 aromatic rings. The van der Waals surface area contributed by atoms with Gasteiger partial charge in [-0.05, 0) is 13.3 Å². The number of halogens is 1. The third-order valence-corrected chi connectivity index (χ3v) is 2.55. The first-order valence-corrected chi connectivity index (χ1v) is 5.88. The normalized spacial score (nSPS) is 12.2. The zero-order valence-corrected chi connectivity index (χ0v) is 10.7. The Bertz CT molecular complexity index is 333. The Morgan fingerprint density at radius 1 is 1.56 bits per heavy atom. The maximum absolute atomic E-state index is 5.99. The SMILES string of the molecule is CCCCC(C)Nc1nc(OC)ncc1Cl. The number of nitrogens with zero attached hydrogens (tertiary/aromatic N) is 2. The van der Waals surface area contributed by atoms with Gasteiger partial charge in [0.1, 0.15) is 5.02 Å². The molecule has 0 aliphatic carbocycles. The summed E-state index contributed by atoms with van der Waals surface area (Å²) < 4.78 is 4.95. The van der Waals surface area contributed by atoms with Gasteiger partial charge in [0.25, 0.3) is 0 Å². The summed E-state index contributed by atoms with van der Waals surface area (Å²) in [6.45, 7) is 4.29. The van der Waals surface area contributed by atoms with Crippen LogP contribution in [0.4, 0.5) is 5.82 Å². The average Bonchev–Trinajstić information content (AvgIpc) is 2.29. The number of rotatable bonds is 6. The molecule has 1 aromatic heterocycles. The molecular weight excluding hydrogens is 226 g/mol. The molecule has 0 saturated heterocycles. The molecular formula is C11H18ClN3O. The van der Waals surface area contributed by atoms with E-state index in [1.807, 2.05) is 0 Å². The molecule has 0 radical (unpaired) electrons. The lowest BCUT2D eigenvalue weighted by Gasteiger charge is -2.15. The van der Waals surface area contributed by atoms with Crippen LogP contribution in [0, 0.1) is 0 Å². The van der Waals surface area contributed by atoms with Crippen molar-refractivity contribution in [3.63, 3.8) is 0 Å². The number of anilines is 1. The highest BCUT2D eigenvalue weighted by atomic mass is 35.5. The van der Waals surface area contributed by atoms with Gasteiger partial charge in [-0.25, -0.2) is 4.98 Å². The zero-order chi connectivity index (χ0) is 12.0. The van der Waals surface area contributed by atoms with E-state index in [1.165, 1.54) is 20.0 Å². The van der Waals surface area contributed by atoms with Crippen molar-refractivity contribution in [1.82, 2.24) is 9.97 Å². The van der Waals surface area contributed by atoms with Gasteiger partial charge in [0, 0.05) is 6.04 Å². The molecule has 5 heteroatoms. The van der Waals surface area contributed by atoms with Crippen LogP contribution in [0.5, 0.6) is 6.01 Å². The molecule has 16 heavy (non-hydrogen) atoms. The molecule has 1 N–H and O–H groups in total. The minimum Gasteiger partial charge on any atom is -0.467 e. The molecule has 0 bridgehead atoms. The lowest BCUT2D eigenvalue weighted by Crippen LogP contribution is -2.16. The summed E-state index contributed by atoms with van der Waals surface area (Å²) >= 11 is 5.99. The number of aromatic nitrogens is 2.